The number of ether oxygens (including phenoxy) is 1. The maximum atomic E-state index is 14.5. The quantitative estimate of drug-likeness (QED) is 0.0757. The van der Waals surface area contributed by atoms with Crippen LogP contribution in [0, 0.1) is 29.6 Å². The zero-order chi connectivity index (χ0) is 50.4. The second kappa shape index (κ2) is 19.7. The molecule has 1 unspecified atom stereocenters. The van der Waals surface area contributed by atoms with Gasteiger partial charge in [-0.25, -0.2) is 13.8 Å². The molecule has 5 N–H and O–H groups in total. The lowest BCUT2D eigenvalue weighted by atomic mass is 9.85. The summed E-state index contributed by atoms with van der Waals surface area (Å²) in [6.07, 6.45) is 2.67. The molecule has 0 spiro atoms. The number of halogens is 2. The number of thiazole rings is 1. The molecule has 1 saturated carbocycles. The van der Waals surface area contributed by atoms with Crippen molar-refractivity contribution >= 4 is 46.6 Å². The van der Waals surface area contributed by atoms with Crippen LogP contribution in [0.25, 0.3) is 10.4 Å². The van der Waals surface area contributed by atoms with Crippen LogP contribution >= 0.6 is 11.3 Å². The van der Waals surface area contributed by atoms with Crippen molar-refractivity contribution in [2.75, 3.05) is 38.2 Å². The van der Waals surface area contributed by atoms with Crippen LogP contribution in [0.5, 0.6) is 0 Å². The SMILES string of the molecule is Cc1ncsc1-c1ccc(CNC(=O)[C@@H]2C[C@@H](O)CN2C(=O)C(NC(=O)CCOCCC(=O)N2CC([C@@H](c3ccccc3)n3cc(NC(=O)c4n[nH]c5c4C[C@@H]4C(F)(F)[C@]4(C)C5)cn3)C2)C(C)(C)C)cc1. The Hall–Kier alpha value is -6.38. The number of benzene rings is 2. The number of hydrogen-bond donors (Lipinski definition) is 5. The minimum atomic E-state index is -2.78. The number of carbonyl (C=O) groups is 5. The van der Waals surface area contributed by atoms with E-state index in [-0.39, 0.29) is 82.0 Å². The van der Waals surface area contributed by atoms with Gasteiger partial charge in [-0.1, -0.05) is 82.3 Å². The lowest BCUT2D eigenvalue weighted by Gasteiger charge is -2.43. The van der Waals surface area contributed by atoms with Crippen LogP contribution in [-0.4, -0.2) is 126 Å². The predicted octanol–water partition coefficient (Wildman–Crippen LogP) is 5.31. The Labute approximate surface area is 414 Å². The number of β-amino-alcohol motifs (C(OH)–C–C–N with tert-alkyl or cyclic N) is 1. The van der Waals surface area contributed by atoms with Crippen LogP contribution in [0.2, 0.25) is 0 Å². The van der Waals surface area contributed by atoms with Gasteiger partial charge in [-0.15, -0.1) is 11.3 Å². The summed E-state index contributed by atoms with van der Waals surface area (Å²) in [6.45, 7) is 10.2. The van der Waals surface area contributed by atoms with E-state index in [0.29, 0.717) is 30.0 Å². The highest BCUT2D eigenvalue weighted by Gasteiger charge is 2.78. The zero-order valence-electron chi connectivity index (χ0n) is 40.4. The Bertz CT molecular complexity index is 2790. The Morgan fingerprint density at radius 2 is 1.75 bits per heavy atom. The number of nitrogens with one attached hydrogen (secondary N) is 4. The minimum Gasteiger partial charge on any atom is -0.391 e. The van der Waals surface area contributed by atoms with E-state index < -0.39 is 64.5 Å². The normalized spacial score (nSPS) is 22.2. The zero-order valence-corrected chi connectivity index (χ0v) is 41.2. The third-order valence-corrected chi connectivity index (χ3v) is 15.6. The summed E-state index contributed by atoms with van der Waals surface area (Å²) in [5.74, 6) is -5.50. The topological polar surface area (TPSA) is 217 Å². The fourth-order valence-corrected chi connectivity index (χ4v) is 11.2. The summed E-state index contributed by atoms with van der Waals surface area (Å²) in [5, 5.41) is 30.8. The van der Waals surface area contributed by atoms with Crippen LogP contribution < -0.4 is 16.0 Å². The summed E-state index contributed by atoms with van der Waals surface area (Å²) < 4.78 is 36.5. The van der Waals surface area contributed by atoms with Crippen LogP contribution in [0.3, 0.4) is 0 Å². The Kier molecular flexibility index (Phi) is 13.7. The van der Waals surface area contributed by atoms with E-state index in [1.54, 1.807) is 39.5 Å². The van der Waals surface area contributed by atoms with Gasteiger partial charge >= 0.3 is 0 Å². The molecular weight excluding hydrogens is 935 g/mol. The molecule has 5 heterocycles. The van der Waals surface area contributed by atoms with Crippen LogP contribution in [0.1, 0.15) is 91.6 Å². The minimum absolute atomic E-state index is 0.00291. The number of hydrogen-bond acceptors (Lipinski definition) is 11. The van der Waals surface area contributed by atoms with Crippen molar-refractivity contribution in [2.24, 2.45) is 22.7 Å². The van der Waals surface area contributed by atoms with Crippen LogP contribution in [-0.2, 0) is 43.3 Å². The molecule has 4 aliphatic rings. The fourth-order valence-electron chi connectivity index (χ4n) is 10.3. The molecule has 0 bridgehead atoms. The highest BCUT2D eigenvalue weighted by Crippen LogP contribution is 2.70. The van der Waals surface area contributed by atoms with Gasteiger partial charge in [-0.05, 0) is 35.4 Å². The first-order valence-corrected chi connectivity index (χ1v) is 24.9. The number of rotatable bonds is 17. The fraction of sp³-hybridized carbons (Fsp3) is 0.490. The van der Waals surface area contributed by atoms with Gasteiger partial charge in [0.1, 0.15) is 12.1 Å². The standard InChI is InChI=1S/C51H60F2N10O7S/c1-29-44(71-28-55-29)32-13-11-30(12-14-32)22-54-46(67)38-19-35(64)27-62(38)48(69)45(49(2,3)4)58-40(65)15-17-70-18-16-41(66)61-24-33(25-61)43(31-9-7-6-8-10-31)63-26-34(23-56-63)57-47(68)42-36-20-39-50(5,51(39,52)53)21-37(36)59-60-42/h6-14,23,26,28,33,35,38-39,43,45,64H,15-22,24-25,27H2,1-5H3,(H,54,67)(H,57,68)(H,58,65)(H,59,60)/t35-,38+,39+,43-,45?,50-/m1/s1. The number of carbonyl (C=O) groups excluding carboxylic acids is 5. The highest BCUT2D eigenvalue weighted by atomic mass is 32.1. The summed E-state index contributed by atoms with van der Waals surface area (Å²) in [4.78, 5) is 75.9. The van der Waals surface area contributed by atoms with Crippen molar-refractivity contribution in [3.05, 3.63) is 106 Å². The molecule has 3 aromatic heterocycles. The molecule has 71 heavy (non-hydrogen) atoms. The second-order valence-electron chi connectivity index (χ2n) is 20.6. The number of nitrogens with zero attached hydrogens (tertiary/aromatic N) is 6. The number of aryl methyl sites for hydroxylation is 1. The smallest absolute Gasteiger partial charge is 0.276 e. The van der Waals surface area contributed by atoms with Gasteiger partial charge in [0, 0.05) is 80.1 Å². The Morgan fingerprint density at radius 1 is 1.01 bits per heavy atom. The van der Waals surface area contributed by atoms with Gasteiger partial charge < -0.3 is 35.6 Å². The van der Waals surface area contributed by atoms with E-state index in [0.717, 1.165) is 27.3 Å². The number of aromatic amines is 1. The van der Waals surface area contributed by atoms with E-state index >= 15 is 0 Å². The van der Waals surface area contributed by atoms with Crippen molar-refractivity contribution < 1.29 is 42.6 Å². The molecule has 9 rings (SSSR count). The highest BCUT2D eigenvalue weighted by molar-refractivity contribution is 7.13. The molecule has 6 atom stereocenters. The Balaban J connectivity index is 0.722. The monoisotopic (exact) mass is 994 g/mol. The first-order valence-electron chi connectivity index (χ1n) is 24.1. The molecule has 2 aliphatic carbocycles. The van der Waals surface area contributed by atoms with Gasteiger partial charge in [0.15, 0.2) is 5.69 Å². The van der Waals surface area contributed by atoms with Gasteiger partial charge in [-0.2, -0.15) is 10.2 Å². The predicted molar refractivity (Wildman–Crippen MR) is 259 cm³/mol. The number of likely N-dealkylation sites (tertiary alicyclic amines) is 2. The molecule has 17 nitrogen and oxygen atoms in total. The number of anilines is 1. The van der Waals surface area contributed by atoms with Crippen LogP contribution in [0.4, 0.5) is 14.5 Å². The number of aliphatic hydroxyl groups excluding tert-OH is 1. The Morgan fingerprint density at radius 3 is 2.45 bits per heavy atom. The summed E-state index contributed by atoms with van der Waals surface area (Å²) in [5.41, 5.74) is 5.41. The van der Waals surface area contributed by atoms with E-state index in [4.69, 9.17) is 4.74 Å². The van der Waals surface area contributed by atoms with E-state index in [1.807, 2.05) is 82.3 Å². The average molecular weight is 995 g/mol. The van der Waals surface area contributed by atoms with Crippen molar-refractivity contribution in [2.45, 2.75) is 103 Å². The first-order chi connectivity index (χ1) is 33.8. The van der Waals surface area contributed by atoms with E-state index in [1.165, 1.54) is 11.1 Å². The number of aromatic nitrogens is 5. The molecule has 2 aliphatic heterocycles. The van der Waals surface area contributed by atoms with Gasteiger partial charge in [-0.3, -0.25) is 33.8 Å². The second-order valence-corrected chi connectivity index (χ2v) is 21.5. The molecular formula is C51H60F2N10O7S. The summed E-state index contributed by atoms with van der Waals surface area (Å²) in [7, 11) is 0. The van der Waals surface area contributed by atoms with E-state index in [9.17, 15) is 37.9 Å². The van der Waals surface area contributed by atoms with Crippen LogP contribution in [0.15, 0.2) is 72.5 Å². The number of H-pyrrole nitrogens is 1. The lowest BCUT2D eigenvalue weighted by molar-refractivity contribution is -0.144. The molecule has 5 aromatic rings. The maximum Gasteiger partial charge on any atom is 0.276 e. The number of amides is 5. The third kappa shape index (κ3) is 10.1. The molecule has 376 valence electrons. The largest absolute Gasteiger partial charge is 0.391 e. The number of alkyl halides is 2. The summed E-state index contributed by atoms with van der Waals surface area (Å²) in [6, 6.07) is 15.4. The molecule has 3 fully saturated rings. The van der Waals surface area contributed by atoms with Gasteiger partial charge in [0.2, 0.25) is 23.6 Å². The van der Waals surface area contributed by atoms with Crippen molar-refractivity contribution in [1.29, 1.82) is 0 Å². The first kappa shape index (κ1) is 49.6. The lowest BCUT2D eigenvalue weighted by Crippen LogP contribution is -2.57. The number of fused-ring (bicyclic) bond motifs is 2. The van der Waals surface area contributed by atoms with Crippen molar-refractivity contribution in [3.63, 3.8) is 0 Å². The molecule has 5 amide bonds. The molecule has 0 radical (unpaired) electrons. The average Bonchev–Trinajstić information content (AvgIpc) is 4.04. The van der Waals surface area contributed by atoms with Crippen molar-refractivity contribution in [3.8, 4) is 10.4 Å². The third-order valence-electron chi connectivity index (χ3n) is 14.6. The van der Waals surface area contributed by atoms with Gasteiger partial charge in [0.05, 0.1) is 59.7 Å². The molecule has 20 heteroatoms. The molecule has 2 saturated heterocycles. The summed E-state index contributed by atoms with van der Waals surface area (Å²) >= 11 is 1.56. The molecule has 2 aromatic carbocycles. The number of aliphatic hydroxyl groups is 1. The van der Waals surface area contributed by atoms with E-state index in [2.05, 4.69) is 36.2 Å². The maximum absolute atomic E-state index is 14.5. The van der Waals surface area contributed by atoms with Gasteiger partial charge in [0.25, 0.3) is 11.8 Å². The van der Waals surface area contributed by atoms with Crippen molar-refractivity contribution in [1.82, 2.24) is 45.4 Å².